The van der Waals surface area contributed by atoms with E-state index in [1.54, 1.807) is 31.2 Å². The number of aryl methyl sites for hydroxylation is 1. The summed E-state index contributed by atoms with van der Waals surface area (Å²) >= 11 is 0. The maximum atomic E-state index is 13.1. The predicted octanol–water partition coefficient (Wildman–Crippen LogP) is 6.81. The van der Waals surface area contributed by atoms with Crippen molar-refractivity contribution in [2.24, 2.45) is 0 Å². The fourth-order valence-electron chi connectivity index (χ4n) is 3.32. The van der Waals surface area contributed by atoms with Gasteiger partial charge in [0.05, 0.1) is 23.5 Å². The minimum atomic E-state index is -0.541. The topological polar surface area (TPSA) is 55.8 Å². The number of carbonyl (C=O) groups excluding carboxylic acids is 2. The average Bonchev–Trinajstić information content (AvgIpc) is 2.76. The van der Waals surface area contributed by atoms with Crippen LogP contribution in [0.15, 0.2) is 72.8 Å². The molecule has 1 amide bonds. The van der Waals surface area contributed by atoms with E-state index in [0.29, 0.717) is 22.7 Å². The highest BCUT2D eigenvalue weighted by atomic mass is 16.6. The zero-order valence-electron chi connectivity index (χ0n) is 19.2. The van der Waals surface area contributed by atoms with Gasteiger partial charge in [0.25, 0.3) is 0 Å². The van der Waals surface area contributed by atoms with Crippen molar-refractivity contribution in [1.29, 1.82) is 0 Å². The quantitative estimate of drug-likeness (QED) is 0.329. The van der Waals surface area contributed by atoms with Gasteiger partial charge in [-0.05, 0) is 60.7 Å². The fourth-order valence-corrected chi connectivity index (χ4v) is 3.32. The molecule has 0 saturated carbocycles. The number of rotatable bonds is 5. The smallest absolute Gasteiger partial charge is 0.419 e. The molecular formula is C27H29NO4. The monoisotopic (exact) mass is 431 g/mol. The third-order valence-corrected chi connectivity index (χ3v) is 5.03. The molecule has 32 heavy (non-hydrogen) atoms. The summed E-state index contributed by atoms with van der Waals surface area (Å²) in [6, 6.07) is 21.9. The lowest BCUT2D eigenvalue weighted by molar-refractivity contribution is 0.0733. The molecule has 3 rings (SSSR count). The van der Waals surface area contributed by atoms with Crippen LogP contribution in [0.25, 0.3) is 0 Å². The number of amides is 1. The molecule has 0 aliphatic carbocycles. The van der Waals surface area contributed by atoms with E-state index in [-0.39, 0.29) is 12.0 Å². The Kier molecular flexibility index (Phi) is 6.98. The molecule has 0 N–H and O–H groups in total. The largest absolute Gasteiger partial charge is 0.449 e. The summed E-state index contributed by atoms with van der Waals surface area (Å²) in [5, 5.41) is 0. The van der Waals surface area contributed by atoms with Crippen molar-refractivity contribution in [3.8, 4) is 5.75 Å². The van der Waals surface area contributed by atoms with Gasteiger partial charge in [-0.15, -0.1) is 0 Å². The molecule has 3 aromatic rings. The first-order chi connectivity index (χ1) is 15.2. The van der Waals surface area contributed by atoms with Gasteiger partial charge in [0, 0.05) is 0 Å². The minimum Gasteiger partial charge on any atom is -0.449 e. The van der Waals surface area contributed by atoms with E-state index in [4.69, 9.17) is 9.47 Å². The Labute approximate surface area is 189 Å². The van der Waals surface area contributed by atoms with Crippen LogP contribution in [-0.4, -0.2) is 18.7 Å². The summed E-state index contributed by atoms with van der Waals surface area (Å²) in [5.41, 5.74) is 3.09. The van der Waals surface area contributed by atoms with Crippen LogP contribution in [0.2, 0.25) is 0 Å². The molecule has 3 aromatic carbocycles. The zero-order valence-corrected chi connectivity index (χ0v) is 19.2. The molecule has 166 valence electrons. The lowest BCUT2D eigenvalue weighted by atomic mass is 9.85. The highest BCUT2D eigenvalue weighted by Crippen LogP contribution is 2.41. The van der Waals surface area contributed by atoms with Crippen molar-refractivity contribution in [2.45, 2.75) is 40.0 Å². The third-order valence-electron chi connectivity index (χ3n) is 5.03. The number of hydrogen-bond acceptors (Lipinski definition) is 4. The van der Waals surface area contributed by atoms with Gasteiger partial charge in [-0.25, -0.2) is 14.5 Å². The summed E-state index contributed by atoms with van der Waals surface area (Å²) in [5.74, 6) is -0.168. The molecule has 0 aliphatic heterocycles. The van der Waals surface area contributed by atoms with Crippen molar-refractivity contribution >= 4 is 23.4 Å². The van der Waals surface area contributed by atoms with Crippen LogP contribution in [0.3, 0.4) is 0 Å². The van der Waals surface area contributed by atoms with Crippen LogP contribution in [0.5, 0.6) is 5.75 Å². The van der Waals surface area contributed by atoms with Crippen molar-refractivity contribution in [3.63, 3.8) is 0 Å². The van der Waals surface area contributed by atoms with Gasteiger partial charge in [-0.3, -0.25) is 0 Å². The zero-order chi connectivity index (χ0) is 23.3. The lowest BCUT2D eigenvalue weighted by Crippen LogP contribution is -2.28. The second-order valence-corrected chi connectivity index (χ2v) is 8.52. The normalized spacial score (nSPS) is 11.0. The summed E-state index contributed by atoms with van der Waals surface area (Å²) < 4.78 is 11.2. The first-order valence-electron chi connectivity index (χ1n) is 10.7. The molecular weight excluding hydrogens is 402 g/mol. The number of carbonyl (C=O) groups is 2. The van der Waals surface area contributed by atoms with Gasteiger partial charge >= 0.3 is 12.1 Å². The molecule has 0 spiro atoms. The van der Waals surface area contributed by atoms with Gasteiger partial charge in [0.15, 0.2) is 5.75 Å². The summed E-state index contributed by atoms with van der Waals surface area (Å²) in [6.45, 7) is 10.1. The number of benzene rings is 3. The Morgan fingerprint density at radius 2 is 1.50 bits per heavy atom. The second kappa shape index (κ2) is 9.69. The van der Waals surface area contributed by atoms with Gasteiger partial charge in [-0.2, -0.15) is 0 Å². The number of ether oxygens (including phenoxy) is 2. The van der Waals surface area contributed by atoms with Crippen molar-refractivity contribution < 1.29 is 19.1 Å². The van der Waals surface area contributed by atoms with E-state index in [1.807, 2.05) is 55.5 Å². The maximum Gasteiger partial charge on any atom is 0.419 e. The highest BCUT2D eigenvalue weighted by molar-refractivity contribution is 5.99. The van der Waals surface area contributed by atoms with E-state index in [2.05, 4.69) is 20.8 Å². The Bertz CT molecular complexity index is 1090. The highest BCUT2D eigenvalue weighted by Gasteiger charge is 2.28. The summed E-state index contributed by atoms with van der Waals surface area (Å²) in [4.78, 5) is 27.4. The van der Waals surface area contributed by atoms with Crippen molar-refractivity contribution in [3.05, 3.63) is 89.5 Å². The maximum absolute atomic E-state index is 13.1. The Morgan fingerprint density at radius 1 is 0.906 bits per heavy atom. The molecule has 0 atom stereocenters. The van der Waals surface area contributed by atoms with Crippen LogP contribution < -0.4 is 9.64 Å². The van der Waals surface area contributed by atoms with Gasteiger partial charge < -0.3 is 9.47 Å². The standard InChI is InChI=1S/C27H29NO4/c1-6-31-26(30)28(22-15-11-8-12-16-22)23-18-21(27(3,4)5)17-19(2)24(23)32-25(29)20-13-9-7-10-14-20/h7-18H,6H2,1-5H3. The minimum absolute atomic E-state index is 0.182. The lowest BCUT2D eigenvalue weighted by Gasteiger charge is -2.28. The summed E-state index contributed by atoms with van der Waals surface area (Å²) in [6.07, 6.45) is -0.541. The molecule has 0 heterocycles. The number of anilines is 2. The molecule has 5 heteroatoms. The number of esters is 1. The first-order valence-corrected chi connectivity index (χ1v) is 10.7. The van der Waals surface area contributed by atoms with Crippen molar-refractivity contribution in [1.82, 2.24) is 0 Å². The Hall–Kier alpha value is -3.60. The van der Waals surface area contributed by atoms with Crippen LogP contribution in [0.1, 0.15) is 49.2 Å². The molecule has 0 aliphatic rings. The van der Waals surface area contributed by atoms with Crippen LogP contribution in [0.4, 0.5) is 16.2 Å². The summed E-state index contributed by atoms with van der Waals surface area (Å²) in [7, 11) is 0. The molecule has 5 nitrogen and oxygen atoms in total. The van der Waals surface area contributed by atoms with E-state index >= 15 is 0 Å². The van der Waals surface area contributed by atoms with Gasteiger partial charge in [0.2, 0.25) is 0 Å². The second-order valence-electron chi connectivity index (χ2n) is 8.52. The van der Waals surface area contributed by atoms with Crippen molar-refractivity contribution in [2.75, 3.05) is 11.5 Å². The Morgan fingerprint density at radius 3 is 2.06 bits per heavy atom. The SMILES string of the molecule is CCOC(=O)N(c1ccccc1)c1cc(C(C)(C)C)cc(C)c1OC(=O)c1ccccc1. The molecule has 0 radical (unpaired) electrons. The Balaban J connectivity index is 2.20. The van der Waals surface area contributed by atoms with Crippen LogP contribution in [-0.2, 0) is 10.2 Å². The fraction of sp³-hybridized carbons (Fsp3) is 0.259. The average molecular weight is 432 g/mol. The molecule has 0 bridgehead atoms. The third kappa shape index (κ3) is 5.17. The van der Waals surface area contributed by atoms with E-state index in [9.17, 15) is 9.59 Å². The number of para-hydroxylation sites is 1. The first kappa shape index (κ1) is 23.1. The predicted molar refractivity (Wildman–Crippen MR) is 127 cm³/mol. The molecule has 0 fully saturated rings. The van der Waals surface area contributed by atoms with E-state index in [1.165, 1.54) is 4.90 Å². The van der Waals surface area contributed by atoms with Gasteiger partial charge in [-0.1, -0.05) is 63.2 Å². The van der Waals surface area contributed by atoms with Gasteiger partial charge in [0.1, 0.15) is 0 Å². The molecule has 0 saturated heterocycles. The van der Waals surface area contributed by atoms with Crippen LogP contribution in [0, 0.1) is 6.92 Å². The van der Waals surface area contributed by atoms with Crippen LogP contribution >= 0.6 is 0 Å². The van der Waals surface area contributed by atoms with E-state index in [0.717, 1.165) is 11.1 Å². The molecule has 0 unspecified atom stereocenters. The number of hydrogen-bond donors (Lipinski definition) is 0. The van der Waals surface area contributed by atoms with E-state index < -0.39 is 12.1 Å². The number of nitrogens with zero attached hydrogens (tertiary/aromatic N) is 1. The molecule has 0 aromatic heterocycles.